The van der Waals surface area contributed by atoms with Gasteiger partial charge in [0.15, 0.2) is 0 Å². The molecule has 3 aromatic carbocycles. The number of aliphatic hydroxyl groups is 1. The fourth-order valence-corrected chi connectivity index (χ4v) is 4.83. The number of hydrogen-bond acceptors (Lipinski definition) is 4. The van der Waals surface area contributed by atoms with Gasteiger partial charge in [0.2, 0.25) is 0 Å². The van der Waals surface area contributed by atoms with Crippen LogP contribution in [0.1, 0.15) is 16.7 Å². The first-order chi connectivity index (χ1) is 16.6. The van der Waals surface area contributed by atoms with E-state index in [1.807, 2.05) is 0 Å². The maximum absolute atomic E-state index is 13.7. The number of alkyl halides is 6. The van der Waals surface area contributed by atoms with Gasteiger partial charge >= 0.3 is 12.4 Å². The van der Waals surface area contributed by atoms with Gasteiger partial charge in [-0.05, 0) is 48.0 Å². The predicted octanol–water partition coefficient (Wildman–Crippen LogP) is 5.41. The Labute approximate surface area is 200 Å². The van der Waals surface area contributed by atoms with E-state index in [1.165, 1.54) is 24.3 Å². The number of rotatable bonds is 6. The highest BCUT2D eigenvalue weighted by molar-refractivity contribution is 7.92. The first kappa shape index (κ1) is 27.0. The lowest BCUT2D eigenvalue weighted by molar-refractivity contribution is -0.376. The lowest BCUT2D eigenvalue weighted by Crippen LogP contribution is -2.53. The van der Waals surface area contributed by atoms with E-state index in [-0.39, 0.29) is 16.8 Å². The smallest absolute Gasteiger partial charge is 0.369 e. The molecule has 0 aliphatic rings. The van der Waals surface area contributed by atoms with Gasteiger partial charge in [-0.2, -0.15) is 31.6 Å². The molecule has 1 N–H and O–H groups in total. The van der Waals surface area contributed by atoms with E-state index >= 15 is 0 Å². The molecule has 0 spiro atoms. The van der Waals surface area contributed by atoms with Gasteiger partial charge < -0.3 is 5.11 Å². The van der Waals surface area contributed by atoms with Crippen molar-refractivity contribution >= 4 is 15.7 Å². The zero-order chi connectivity index (χ0) is 26.9. The molecule has 0 radical (unpaired) electrons. The molecule has 5 nitrogen and oxygen atoms in total. The topological polar surface area (TPSA) is 81.4 Å². The van der Waals surface area contributed by atoms with E-state index in [9.17, 15) is 44.3 Å². The Morgan fingerprint density at radius 2 is 1.44 bits per heavy atom. The number of hydrogen-bond donors (Lipinski definition) is 1. The van der Waals surface area contributed by atoms with Gasteiger partial charge in [0.1, 0.15) is 5.82 Å². The molecule has 190 valence electrons. The molecule has 0 unspecified atom stereocenters. The second-order valence-corrected chi connectivity index (χ2v) is 9.40. The van der Waals surface area contributed by atoms with Crippen LogP contribution < -0.4 is 4.31 Å². The molecule has 0 saturated carbocycles. The van der Waals surface area contributed by atoms with Crippen molar-refractivity contribution in [2.75, 3.05) is 4.31 Å². The SMILES string of the molecule is N#Cc1cccc(S(=O)(=O)N(Cc2cccc(F)c2)c2ccc(C(O)(C(F)(F)F)C(F)(F)F)cc2)c1. The highest BCUT2D eigenvalue weighted by Crippen LogP contribution is 2.50. The molecule has 13 heteroatoms. The average molecular weight is 532 g/mol. The summed E-state index contributed by atoms with van der Waals surface area (Å²) in [6.07, 6.45) is -12.3. The van der Waals surface area contributed by atoms with E-state index in [2.05, 4.69) is 0 Å². The quantitative estimate of drug-likeness (QED) is 0.431. The van der Waals surface area contributed by atoms with Crippen LogP contribution in [0.5, 0.6) is 0 Å². The van der Waals surface area contributed by atoms with Gasteiger partial charge in [0.25, 0.3) is 15.6 Å². The maximum Gasteiger partial charge on any atom is 0.430 e. The minimum absolute atomic E-state index is 0.0300. The molecule has 36 heavy (non-hydrogen) atoms. The summed E-state index contributed by atoms with van der Waals surface area (Å²) in [5.41, 5.74) is -7.08. The highest BCUT2D eigenvalue weighted by atomic mass is 32.2. The zero-order valence-corrected chi connectivity index (χ0v) is 18.7. The van der Waals surface area contributed by atoms with E-state index in [0.29, 0.717) is 28.6 Å². The third kappa shape index (κ3) is 5.00. The third-order valence-corrected chi connectivity index (χ3v) is 6.93. The summed E-state index contributed by atoms with van der Waals surface area (Å²) in [5, 5.41) is 18.7. The summed E-state index contributed by atoms with van der Waals surface area (Å²) in [7, 11) is -4.55. The summed E-state index contributed by atoms with van der Waals surface area (Å²) in [6.45, 7) is -0.557. The molecule has 0 aliphatic carbocycles. The third-order valence-electron chi connectivity index (χ3n) is 5.16. The lowest BCUT2D eigenvalue weighted by atomic mass is 9.92. The van der Waals surface area contributed by atoms with Crippen LogP contribution in [-0.2, 0) is 22.2 Å². The predicted molar refractivity (Wildman–Crippen MR) is 113 cm³/mol. The fourth-order valence-electron chi connectivity index (χ4n) is 3.33. The Kier molecular flexibility index (Phi) is 7.07. The van der Waals surface area contributed by atoms with Crippen LogP contribution in [-0.4, -0.2) is 25.9 Å². The van der Waals surface area contributed by atoms with Crippen LogP contribution >= 0.6 is 0 Å². The highest BCUT2D eigenvalue weighted by Gasteiger charge is 2.71. The van der Waals surface area contributed by atoms with E-state index in [0.717, 1.165) is 24.3 Å². The first-order valence-corrected chi connectivity index (χ1v) is 11.3. The van der Waals surface area contributed by atoms with Crippen LogP contribution in [0.4, 0.5) is 36.4 Å². The minimum Gasteiger partial charge on any atom is -0.369 e. The molecule has 0 bridgehead atoms. The van der Waals surface area contributed by atoms with Crippen molar-refractivity contribution in [2.24, 2.45) is 0 Å². The molecule has 0 fully saturated rings. The lowest BCUT2D eigenvalue weighted by Gasteiger charge is -2.33. The number of anilines is 1. The van der Waals surface area contributed by atoms with Gasteiger partial charge in [-0.15, -0.1) is 0 Å². The molecular formula is C23H15F7N2O3S. The molecule has 0 amide bonds. The Hall–Kier alpha value is -3.63. The normalized spacial score (nSPS) is 12.8. The number of halogens is 7. The number of nitriles is 1. The van der Waals surface area contributed by atoms with Crippen molar-refractivity contribution in [2.45, 2.75) is 29.4 Å². The fraction of sp³-hybridized carbons (Fsp3) is 0.174. The molecular weight excluding hydrogens is 517 g/mol. The van der Waals surface area contributed by atoms with Gasteiger partial charge in [0.05, 0.1) is 28.8 Å². The molecule has 0 atom stereocenters. The molecule has 0 aliphatic heterocycles. The van der Waals surface area contributed by atoms with Crippen LogP contribution in [0.2, 0.25) is 0 Å². The summed E-state index contributed by atoms with van der Waals surface area (Å²) in [5.74, 6) is -0.716. The average Bonchev–Trinajstić information content (AvgIpc) is 2.80. The largest absolute Gasteiger partial charge is 0.430 e. The van der Waals surface area contributed by atoms with Crippen molar-refractivity contribution in [3.05, 3.63) is 95.3 Å². The number of sulfonamides is 1. The second kappa shape index (κ2) is 9.44. The zero-order valence-electron chi connectivity index (χ0n) is 17.8. The van der Waals surface area contributed by atoms with E-state index in [4.69, 9.17) is 5.26 Å². The summed E-state index contributed by atoms with van der Waals surface area (Å²) < 4.78 is 120. The second-order valence-electron chi connectivity index (χ2n) is 7.53. The van der Waals surface area contributed by atoms with Gasteiger partial charge in [-0.3, -0.25) is 4.31 Å². The van der Waals surface area contributed by atoms with Crippen molar-refractivity contribution in [3.63, 3.8) is 0 Å². The van der Waals surface area contributed by atoms with Gasteiger partial charge in [-0.25, -0.2) is 12.8 Å². The maximum atomic E-state index is 13.7. The molecule has 0 heterocycles. The van der Waals surface area contributed by atoms with Crippen LogP contribution in [0.3, 0.4) is 0 Å². The van der Waals surface area contributed by atoms with Crippen LogP contribution in [0.25, 0.3) is 0 Å². The molecule has 3 aromatic rings. The van der Waals surface area contributed by atoms with Crippen molar-refractivity contribution in [3.8, 4) is 6.07 Å². The Balaban J connectivity index is 2.15. The molecule has 3 rings (SSSR count). The van der Waals surface area contributed by atoms with E-state index < -0.39 is 50.8 Å². The molecule has 0 saturated heterocycles. The minimum atomic E-state index is -6.13. The van der Waals surface area contributed by atoms with Gasteiger partial charge in [0, 0.05) is 5.56 Å². The number of benzene rings is 3. The summed E-state index contributed by atoms with van der Waals surface area (Å²) in [6, 6.07) is 13.1. The first-order valence-electron chi connectivity index (χ1n) is 9.85. The van der Waals surface area contributed by atoms with Crippen molar-refractivity contribution in [1.29, 1.82) is 5.26 Å². The van der Waals surface area contributed by atoms with Crippen LogP contribution in [0, 0.1) is 17.1 Å². The Morgan fingerprint density at radius 3 is 1.97 bits per heavy atom. The Bertz CT molecular complexity index is 1380. The molecule has 0 aromatic heterocycles. The summed E-state index contributed by atoms with van der Waals surface area (Å²) in [4.78, 5) is -0.399. The van der Waals surface area contributed by atoms with Gasteiger partial charge in [-0.1, -0.05) is 30.3 Å². The Morgan fingerprint density at radius 1 is 0.861 bits per heavy atom. The van der Waals surface area contributed by atoms with Crippen LogP contribution in [0.15, 0.2) is 77.7 Å². The van der Waals surface area contributed by atoms with E-state index in [1.54, 1.807) is 6.07 Å². The number of nitrogens with zero attached hydrogens (tertiary/aromatic N) is 2. The standard InChI is InChI=1S/C23H15F7N2O3S/c24-18-5-1-4-16(11-18)14-32(36(34,35)20-6-2-3-15(12-20)13-31)19-9-7-17(8-10-19)21(33,22(25,26)27)23(28,29)30/h1-12,33H,14H2. The monoisotopic (exact) mass is 532 g/mol. The van der Waals surface area contributed by atoms with Crippen molar-refractivity contribution in [1.82, 2.24) is 0 Å². The summed E-state index contributed by atoms with van der Waals surface area (Å²) >= 11 is 0. The van der Waals surface area contributed by atoms with Crippen molar-refractivity contribution < 1.29 is 44.3 Å².